The first-order valence-electron chi connectivity index (χ1n) is 8.99. The zero-order valence-electron chi connectivity index (χ0n) is 15.1. The molecule has 152 valence electrons. The molecule has 0 spiro atoms. The molecular formula is C17H20F3N5O2S. The smallest absolute Gasteiger partial charge is 0.345 e. The second-order valence-corrected chi connectivity index (χ2v) is 9.27. The third-order valence-corrected chi connectivity index (χ3v) is 6.77. The van der Waals surface area contributed by atoms with Crippen molar-refractivity contribution >= 4 is 26.8 Å². The highest BCUT2D eigenvalue weighted by atomic mass is 32.2. The van der Waals surface area contributed by atoms with Gasteiger partial charge in [0.1, 0.15) is 0 Å². The molecule has 3 heterocycles. The van der Waals surface area contributed by atoms with Gasteiger partial charge in [0.2, 0.25) is 10.0 Å². The summed E-state index contributed by atoms with van der Waals surface area (Å²) in [6.45, 7) is 2.02. The van der Waals surface area contributed by atoms with Crippen LogP contribution < -0.4 is 4.72 Å². The number of hydrogen-bond acceptors (Lipinski definition) is 4. The predicted molar refractivity (Wildman–Crippen MR) is 97.4 cm³/mol. The van der Waals surface area contributed by atoms with E-state index in [1.165, 1.54) is 0 Å². The van der Waals surface area contributed by atoms with Crippen LogP contribution in [0.25, 0.3) is 16.8 Å². The van der Waals surface area contributed by atoms with Gasteiger partial charge in [0.15, 0.2) is 11.3 Å². The number of H-pyrrole nitrogens is 1. The Kier molecular flexibility index (Phi) is 4.61. The summed E-state index contributed by atoms with van der Waals surface area (Å²) in [6, 6.07) is 1.50. The van der Waals surface area contributed by atoms with Crippen LogP contribution in [-0.4, -0.2) is 45.7 Å². The second-order valence-electron chi connectivity index (χ2n) is 7.40. The van der Waals surface area contributed by atoms with Gasteiger partial charge in [0, 0.05) is 30.0 Å². The Bertz CT molecular complexity index is 1110. The van der Waals surface area contributed by atoms with Crippen LogP contribution in [0.4, 0.5) is 13.2 Å². The van der Waals surface area contributed by atoms with Crippen LogP contribution in [0.3, 0.4) is 0 Å². The highest BCUT2D eigenvalue weighted by Crippen LogP contribution is 2.40. The lowest BCUT2D eigenvalue weighted by Crippen LogP contribution is -2.36. The largest absolute Gasteiger partial charge is 0.390 e. The lowest BCUT2D eigenvalue weighted by atomic mass is 9.95. The highest BCUT2D eigenvalue weighted by molar-refractivity contribution is 7.89. The Balaban J connectivity index is 1.55. The number of fused-ring (bicyclic) bond motifs is 3. The summed E-state index contributed by atoms with van der Waals surface area (Å²) in [5.74, 6) is -0.764. The van der Waals surface area contributed by atoms with Crippen molar-refractivity contribution in [1.82, 2.24) is 24.1 Å². The van der Waals surface area contributed by atoms with E-state index in [2.05, 4.69) is 19.7 Å². The first kappa shape index (κ1) is 19.2. The molecule has 28 heavy (non-hydrogen) atoms. The summed E-state index contributed by atoms with van der Waals surface area (Å²) in [7, 11) is -3.99. The summed E-state index contributed by atoms with van der Waals surface area (Å²) >= 11 is 0. The van der Waals surface area contributed by atoms with Crippen molar-refractivity contribution in [2.24, 2.45) is 5.92 Å². The quantitative estimate of drug-likeness (QED) is 0.670. The molecule has 3 atom stereocenters. The fourth-order valence-corrected chi connectivity index (χ4v) is 5.39. The van der Waals surface area contributed by atoms with Gasteiger partial charge in [-0.2, -0.15) is 13.2 Å². The first-order chi connectivity index (χ1) is 13.1. The van der Waals surface area contributed by atoms with Crippen molar-refractivity contribution in [3.8, 4) is 0 Å². The van der Waals surface area contributed by atoms with Crippen molar-refractivity contribution in [3.05, 3.63) is 30.4 Å². The number of aromatic amines is 1. The minimum Gasteiger partial charge on any atom is -0.345 e. The molecule has 7 nitrogen and oxygen atoms in total. The number of nitrogens with zero attached hydrogens (tertiary/aromatic N) is 3. The fourth-order valence-electron chi connectivity index (χ4n) is 4.07. The standard InChI is InChI=1S/C17H20F3N5O2S/c1-10-6-11(24-28(26,27)5-3-17(18,19)20)7-12(10)14-8-22-15-9-23-16-13(25(14)15)2-4-21-16/h2,4,8-12,21,24H,3,5-7H2,1H3/t10-,11?,12+/m1/s1. The number of hydrogen-bond donors (Lipinski definition) is 2. The second kappa shape index (κ2) is 6.73. The van der Waals surface area contributed by atoms with E-state index < -0.39 is 34.4 Å². The average molecular weight is 415 g/mol. The fraction of sp³-hybridized carbons (Fsp3) is 0.529. The molecule has 1 saturated carbocycles. The van der Waals surface area contributed by atoms with Crippen LogP contribution in [-0.2, 0) is 10.0 Å². The molecule has 1 aliphatic rings. The summed E-state index contributed by atoms with van der Waals surface area (Å²) in [4.78, 5) is 11.8. The van der Waals surface area contributed by atoms with Gasteiger partial charge in [-0.15, -0.1) is 0 Å². The number of alkyl halides is 3. The molecular weight excluding hydrogens is 395 g/mol. The molecule has 0 radical (unpaired) electrons. The third-order valence-electron chi connectivity index (χ3n) is 5.33. The van der Waals surface area contributed by atoms with Crippen LogP contribution >= 0.6 is 0 Å². The minimum absolute atomic E-state index is 0.0332. The van der Waals surface area contributed by atoms with Crippen LogP contribution in [0, 0.1) is 5.92 Å². The summed E-state index contributed by atoms with van der Waals surface area (Å²) < 4.78 is 65.6. The molecule has 11 heteroatoms. The Hall–Kier alpha value is -2.14. The monoisotopic (exact) mass is 415 g/mol. The Morgan fingerprint density at radius 3 is 2.82 bits per heavy atom. The van der Waals surface area contributed by atoms with E-state index in [0.717, 1.165) is 16.9 Å². The van der Waals surface area contributed by atoms with E-state index in [0.29, 0.717) is 18.5 Å². The van der Waals surface area contributed by atoms with Crippen molar-refractivity contribution in [1.29, 1.82) is 0 Å². The molecule has 0 aromatic carbocycles. The van der Waals surface area contributed by atoms with E-state index >= 15 is 0 Å². The van der Waals surface area contributed by atoms with Gasteiger partial charge in [0.25, 0.3) is 0 Å². The van der Waals surface area contributed by atoms with Gasteiger partial charge in [-0.1, -0.05) is 6.92 Å². The molecule has 1 unspecified atom stereocenters. The van der Waals surface area contributed by atoms with E-state index in [4.69, 9.17) is 0 Å². The van der Waals surface area contributed by atoms with Crippen molar-refractivity contribution in [3.63, 3.8) is 0 Å². The third kappa shape index (κ3) is 3.72. The minimum atomic E-state index is -4.49. The van der Waals surface area contributed by atoms with Crippen molar-refractivity contribution in [2.75, 3.05) is 5.75 Å². The molecule has 1 aliphatic carbocycles. The molecule has 0 aliphatic heterocycles. The van der Waals surface area contributed by atoms with E-state index in [-0.39, 0.29) is 11.8 Å². The van der Waals surface area contributed by atoms with Crippen LogP contribution in [0.15, 0.2) is 24.7 Å². The van der Waals surface area contributed by atoms with Crippen molar-refractivity contribution in [2.45, 2.75) is 44.3 Å². The van der Waals surface area contributed by atoms with Gasteiger partial charge in [-0.05, 0) is 24.8 Å². The number of aromatic nitrogens is 4. The van der Waals surface area contributed by atoms with Crippen LogP contribution in [0.5, 0.6) is 0 Å². The van der Waals surface area contributed by atoms with Crippen LogP contribution in [0.1, 0.15) is 37.8 Å². The number of halogens is 3. The maximum atomic E-state index is 12.3. The molecule has 1 fully saturated rings. The van der Waals surface area contributed by atoms with Crippen LogP contribution in [0.2, 0.25) is 0 Å². The topological polar surface area (TPSA) is 92.2 Å². The molecule has 0 amide bonds. The summed E-state index contributed by atoms with van der Waals surface area (Å²) in [5.41, 5.74) is 3.25. The highest BCUT2D eigenvalue weighted by Gasteiger charge is 2.37. The molecule has 3 aromatic heterocycles. The Labute approximate surface area is 159 Å². The van der Waals surface area contributed by atoms with Gasteiger partial charge >= 0.3 is 6.18 Å². The molecule has 0 bridgehead atoms. The molecule has 0 saturated heterocycles. The molecule has 2 N–H and O–H groups in total. The maximum Gasteiger partial charge on any atom is 0.390 e. The zero-order chi connectivity index (χ0) is 20.1. The predicted octanol–water partition coefficient (Wildman–Crippen LogP) is 2.96. The van der Waals surface area contributed by atoms with Gasteiger partial charge in [-0.25, -0.2) is 23.1 Å². The average Bonchev–Trinajstić information content (AvgIpc) is 3.29. The number of imidazole rings is 1. The van der Waals surface area contributed by atoms with Gasteiger partial charge in [0.05, 0.1) is 23.9 Å². The van der Waals surface area contributed by atoms with Crippen molar-refractivity contribution < 1.29 is 21.6 Å². The first-order valence-corrected chi connectivity index (χ1v) is 10.6. The lowest BCUT2D eigenvalue weighted by molar-refractivity contribution is -0.130. The Morgan fingerprint density at radius 2 is 2.07 bits per heavy atom. The lowest BCUT2D eigenvalue weighted by Gasteiger charge is -2.15. The summed E-state index contributed by atoms with van der Waals surface area (Å²) in [5, 5.41) is 0. The number of nitrogens with one attached hydrogen (secondary N) is 2. The molecule has 3 aromatic rings. The SMILES string of the molecule is C[C@@H]1CC(NS(=O)(=O)CCC(F)(F)F)C[C@@H]1c1cnc2cnc3[nH]ccc3n12. The van der Waals surface area contributed by atoms with Gasteiger partial charge in [-0.3, -0.25) is 4.40 Å². The Morgan fingerprint density at radius 1 is 1.29 bits per heavy atom. The number of sulfonamides is 1. The zero-order valence-corrected chi connectivity index (χ0v) is 15.9. The maximum absolute atomic E-state index is 12.3. The van der Waals surface area contributed by atoms with E-state index in [9.17, 15) is 21.6 Å². The normalized spacial score (nSPS) is 23.8. The van der Waals surface area contributed by atoms with E-state index in [1.54, 1.807) is 18.6 Å². The number of rotatable bonds is 5. The van der Waals surface area contributed by atoms with E-state index in [1.807, 2.05) is 17.4 Å². The summed E-state index contributed by atoms with van der Waals surface area (Å²) in [6.07, 6.45) is 0.451. The molecule has 4 rings (SSSR count). The van der Waals surface area contributed by atoms with Gasteiger partial charge < -0.3 is 4.98 Å².